The molecular formula is C15H23NO5S. The van der Waals surface area contributed by atoms with Gasteiger partial charge in [0.2, 0.25) is 10.0 Å². The van der Waals surface area contributed by atoms with Crippen LogP contribution in [0, 0.1) is 0 Å². The van der Waals surface area contributed by atoms with Gasteiger partial charge in [-0.1, -0.05) is 0 Å². The fourth-order valence-corrected chi connectivity index (χ4v) is 4.47. The zero-order valence-corrected chi connectivity index (χ0v) is 14.4. The van der Waals surface area contributed by atoms with Gasteiger partial charge in [0.25, 0.3) is 0 Å². The van der Waals surface area contributed by atoms with Gasteiger partial charge in [-0.25, -0.2) is 8.42 Å². The lowest BCUT2D eigenvalue weighted by Crippen LogP contribution is -2.57. The van der Waals surface area contributed by atoms with Gasteiger partial charge in [-0.3, -0.25) is 0 Å². The normalized spacial score (nSPS) is 22.3. The second-order valence-corrected chi connectivity index (χ2v) is 7.82. The standard InChI is InChI=1S/C15H23NO5S/c1-11-9-16(15(2,3)10-21-11)22(17,18)14-7-6-12(19-4)8-13(14)20-5/h6-8,11H,9-10H2,1-5H3/t11-/m0/s1. The molecule has 0 aliphatic carbocycles. The molecule has 1 aliphatic heterocycles. The van der Waals surface area contributed by atoms with Gasteiger partial charge < -0.3 is 14.2 Å². The van der Waals surface area contributed by atoms with E-state index < -0.39 is 15.6 Å². The minimum atomic E-state index is -3.70. The number of ether oxygens (including phenoxy) is 3. The third-order valence-corrected chi connectivity index (χ3v) is 5.87. The highest BCUT2D eigenvalue weighted by Crippen LogP contribution is 2.35. The molecule has 1 fully saturated rings. The van der Waals surface area contributed by atoms with Crippen LogP contribution in [-0.4, -0.2) is 51.7 Å². The molecule has 22 heavy (non-hydrogen) atoms. The maximum atomic E-state index is 13.1. The minimum Gasteiger partial charge on any atom is -0.497 e. The van der Waals surface area contributed by atoms with Crippen LogP contribution in [0.4, 0.5) is 0 Å². The lowest BCUT2D eigenvalue weighted by molar-refractivity contribution is -0.0551. The number of rotatable bonds is 4. The van der Waals surface area contributed by atoms with Crippen molar-refractivity contribution in [3.05, 3.63) is 18.2 Å². The van der Waals surface area contributed by atoms with Crippen molar-refractivity contribution < 1.29 is 22.6 Å². The zero-order chi connectivity index (χ0) is 16.5. The molecule has 0 radical (unpaired) electrons. The lowest BCUT2D eigenvalue weighted by Gasteiger charge is -2.43. The van der Waals surface area contributed by atoms with Crippen LogP contribution in [0.5, 0.6) is 11.5 Å². The Kier molecular flexibility index (Phi) is 4.70. The molecule has 7 heteroatoms. The first-order valence-electron chi connectivity index (χ1n) is 7.09. The second-order valence-electron chi connectivity index (χ2n) is 5.99. The number of sulfonamides is 1. The quantitative estimate of drug-likeness (QED) is 0.844. The van der Waals surface area contributed by atoms with E-state index in [1.54, 1.807) is 12.1 Å². The first-order chi connectivity index (χ1) is 10.2. The molecule has 0 N–H and O–H groups in total. The highest BCUT2D eigenvalue weighted by atomic mass is 32.2. The van der Waals surface area contributed by atoms with Crippen molar-refractivity contribution in [3.63, 3.8) is 0 Å². The van der Waals surface area contributed by atoms with Crippen LogP contribution in [0.3, 0.4) is 0 Å². The molecular weight excluding hydrogens is 306 g/mol. The molecule has 0 unspecified atom stereocenters. The Labute approximate surface area is 132 Å². The summed E-state index contributed by atoms with van der Waals surface area (Å²) in [5.74, 6) is 0.819. The Bertz CT molecular complexity index is 641. The van der Waals surface area contributed by atoms with Gasteiger partial charge in [0.15, 0.2) is 0 Å². The summed E-state index contributed by atoms with van der Waals surface area (Å²) in [6.07, 6.45) is -0.146. The van der Waals surface area contributed by atoms with Gasteiger partial charge in [0, 0.05) is 12.6 Å². The maximum absolute atomic E-state index is 13.1. The van der Waals surface area contributed by atoms with Gasteiger partial charge >= 0.3 is 0 Å². The van der Waals surface area contributed by atoms with E-state index in [1.807, 2.05) is 20.8 Å². The molecule has 1 heterocycles. The third-order valence-electron chi connectivity index (χ3n) is 3.76. The summed E-state index contributed by atoms with van der Waals surface area (Å²) in [5.41, 5.74) is -0.615. The van der Waals surface area contributed by atoms with E-state index in [2.05, 4.69) is 0 Å². The third kappa shape index (κ3) is 3.06. The van der Waals surface area contributed by atoms with E-state index in [0.717, 1.165) is 0 Å². The zero-order valence-electron chi connectivity index (χ0n) is 13.6. The summed E-state index contributed by atoms with van der Waals surface area (Å²) in [6, 6.07) is 4.71. The molecule has 0 amide bonds. The predicted molar refractivity (Wildman–Crippen MR) is 82.9 cm³/mol. The van der Waals surface area contributed by atoms with Gasteiger partial charge in [0.1, 0.15) is 16.4 Å². The summed E-state index contributed by atoms with van der Waals surface area (Å²) in [7, 11) is -0.729. The molecule has 2 rings (SSSR count). The predicted octanol–water partition coefficient (Wildman–Crippen LogP) is 1.89. The number of hydrogen-bond acceptors (Lipinski definition) is 5. The largest absolute Gasteiger partial charge is 0.497 e. The van der Waals surface area contributed by atoms with Crippen LogP contribution in [0.2, 0.25) is 0 Å². The highest BCUT2D eigenvalue weighted by molar-refractivity contribution is 7.89. The topological polar surface area (TPSA) is 65.1 Å². The first kappa shape index (κ1) is 17.1. The summed E-state index contributed by atoms with van der Waals surface area (Å²) in [4.78, 5) is 0.137. The van der Waals surface area contributed by atoms with Gasteiger partial charge in [-0.2, -0.15) is 4.31 Å². The molecule has 1 aromatic carbocycles. The van der Waals surface area contributed by atoms with Crippen LogP contribution < -0.4 is 9.47 Å². The van der Waals surface area contributed by atoms with Gasteiger partial charge in [-0.05, 0) is 32.9 Å². The summed E-state index contributed by atoms with van der Waals surface area (Å²) in [6.45, 7) is 6.23. The molecule has 0 bridgehead atoms. The molecule has 1 aliphatic rings. The highest BCUT2D eigenvalue weighted by Gasteiger charge is 2.42. The van der Waals surface area contributed by atoms with Gasteiger partial charge in [0.05, 0.1) is 32.5 Å². The number of methoxy groups -OCH3 is 2. The van der Waals surface area contributed by atoms with E-state index in [-0.39, 0.29) is 16.7 Å². The van der Waals surface area contributed by atoms with E-state index in [4.69, 9.17) is 14.2 Å². The number of benzene rings is 1. The number of hydrogen-bond donors (Lipinski definition) is 0. The molecule has 6 nitrogen and oxygen atoms in total. The minimum absolute atomic E-state index is 0.137. The first-order valence-corrected chi connectivity index (χ1v) is 8.53. The van der Waals surface area contributed by atoms with Crippen LogP contribution >= 0.6 is 0 Å². The monoisotopic (exact) mass is 329 g/mol. The average Bonchev–Trinajstić information content (AvgIpc) is 2.48. The van der Waals surface area contributed by atoms with Crippen molar-refractivity contribution in [2.75, 3.05) is 27.4 Å². The van der Waals surface area contributed by atoms with E-state index in [9.17, 15) is 8.42 Å². The van der Waals surface area contributed by atoms with Crippen molar-refractivity contribution >= 4 is 10.0 Å². The van der Waals surface area contributed by atoms with Crippen LogP contribution in [0.15, 0.2) is 23.1 Å². The van der Waals surface area contributed by atoms with E-state index >= 15 is 0 Å². The molecule has 0 spiro atoms. The fourth-order valence-electron chi connectivity index (χ4n) is 2.48. The summed E-state index contributed by atoms with van der Waals surface area (Å²) >= 11 is 0. The summed E-state index contributed by atoms with van der Waals surface area (Å²) in [5, 5.41) is 0. The van der Waals surface area contributed by atoms with Crippen molar-refractivity contribution in [2.45, 2.75) is 37.3 Å². The van der Waals surface area contributed by atoms with Crippen LogP contribution in [0.1, 0.15) is 20.8 Å². The van der Waals surface area contributed by atoms with Gasteiger partial charge in [-0.15, -0.1) is 0 Å². The van der Waals surface area contributed by atoms with Crippen LogP contribution in [-0.2, 0) is 14.8 Å². The Balaban J connectivity index is 2.49. The number of morpholine rings is 1. The van der Waals surface area contributed by atoms with E-state index in [1.165, 1.54) is 24.6 Å². The smallest absolute Gasteiger partial charge is 0.247 e. The Hall–Kier alpha value is -1.31. The molecule has 1 saturated heterocycles. The Morgan fingerprint density at radius 2 is 1.95 bits per heavy atom. The van der Waals surface area contributed by atoms with Crippen molar-refractivity contribution in [3.8, 4) is 11.5 Å². The molecule has 0 aromatic heterocycles. The molecule has 1 aromatic rings. The summed E-state index contributed by atoms with van der Waals surface area (Å²) < 4.78 is 43.6. The maximum Gasteiger partial charge on any atom is 0.247 e. The molecule has 1 atom stereocenters. The van der Waals surface area contributed by atoms with Crippen molar-refractivity contribution in [2.24, 2.45) is 0 Å². The molecule has 124 valence electrons. The lowest BCUT2D eigenvalue weighted by atomic mass is 10.1. The fraction of sp³-hybridized carbons (Fsp3) is 0.600. The molecule has 0 saturated carbocycles. The SMILES string of the molecule is COc1ccc(S(=O)(=O)N2C[C@H](C)OCC2(C)C)c(OC)c1. The van der Waals surface area contributed by atoms with E-state index in [0.29, 0.717) is 18.9 Å². The van der Waals surface area contributed by atoms with Crippen molar-refractivity contribution in [1.29, 1.82) is 0 Å². The van der Waals surface area contributed by atoms with Crippen LogP contribution in [0.25, 0.3) is 0 Å². The second kappa shape index (κ2) is 6.06. The Morgan fingerprint density at radius 1 is 1.27 bits per heavy atom. The average molecular weight is 329 g/mol. The Morgan fingerprint density at radius 3 is 2.55 bits per heavy atom. The number of nitrogens with zero attached hydrogens (tertiary/aromatic N) is 1. The van der Waals surface area contributed by atoms with Crippen molar-refractivity contribution in [1.82, 2.24) is 4.31 Å².